The number of ether oxygens (including phenoxy) is 1. The molecule has 10 heteroatoms. The van der Waals surface area contributed by atoms with Crippen molar-refractivity contribution in [3.63, 3.8) is 0 Å². The van der Waals surface area contributed by atoms with Crippen molar-refractivity contribution >= 4 is 0 Å². The highest BCUT2D eigenvalue weighted by Gasteiger charge is 2.55. The van der Waals surface area contributed by atoms with Crippen LogP contribution in [0.25, 0.3) is 17.1 Å². The lowest BCUT2D eigenvalue weighted by molar-refractivity contribution is 0.00715. The van der Waals surface area contributed by atoms with Crippen LogP contribution in [0.5, 0.6) is 11.6 Å². The number of nitrogens with zero attached hydrogens (tertiary/aromatic N) is 5. The van der Waals surface area contributed by atoms with E-state index in [1.54, 1.807) is 48.4 Å². The van der Waals surface area contributed by atoms with E-state index in [0.717, 1.165) is 5.69 Å². The van der Waals surface area contributed by atoms with Crippen LogP contribution in [0.2, 0.25) is 0 Å². The second-order valence-corrected chi connectivity index (χ2v) is 7.97. The average Bonchev–Trinajstić information content (AvgIpc) is 3.34. The van der Waals surface area contributed by atoms with Gasteiger partial charge in [-0.1, -0.05) is 0 Å². The number of benzene rings is 1. The van der Waals surface area contributed by atoms with Crippen LogP contribution in [0.1, 0.15) is 19.8 Å². The number of aromatic nitrogens is 5. The number of aromatic hydroxyl groups is 1. The van der Waals surface area contributed by atoms with E-state index in [0.29, 0.717) is 5.56 Å². The molecule has 1 unspecified atom stereocenters. The number of phenolic OH excluding ortho intramolecular Hbond substituents is 1. The topological polar surface area (TPSA) is 98.0 Å². The number of phenols is 1. The Labute approximate surface area is 171 Å². The number of imidazole rings is 1. The third-order valence-electron chi connectivity index (χ3n) is 5.83. The van der Waals surface area contributed by atoms with E-state index in [4.69, 9.17) is 4.74 Å². The van der Waals surface area contributed by atoms with Crippen molar-refractivity contribution in [3.05, 3.63) is 43.1 Å². The molecule has 0 spiro atoms. The van der Waals surface area contributed by atoms with Crippen LogP contribution in [0, 0.1) is 0 Å². The monoisotopic (exact) mass is 414 g/mol. The van der Waals surface area contributed by atoms with Gasteiger partial charge in [0.25, 0.3) is 5.88 Å². The Morgan fingerprint density at radius 3 is 2.87 bits per heavy atom. The summed E-state index contributed by atoms with van der Waals surface area (Å²) in [6.45, 7) is 1.67. The number of nitrogens with one attached hydrogen (secondary N) is 1. The van der Waals surface area contributed by atoms with E-state index >= 15 is 0 Å². The van der Waals surface area contributed by atoms with Crippen LogP contribution in [0.15, 0.2) is 43.1 Å². The summed E-state index contributed by atoms with van der Waals surface area (Å²) in [5.74, 6) is 0.244. The molecule has 8 nitrogen and oxygen atoms in total. The fraction of sp³-hybridized carbons (Fsp3) is 0.400. The summed E-state index contributed by atoms with van der Waals surface area (Å²) in [5, 5.41) is 21.3. The molecule has 0 amide bonds. The highest BCUT2D eigenvalue weighted by atomic mass is 19.1. The smallest absolute Gasteiger partial charge is 0.252 e. The lowest BCUT2D eigenvalue weighted by atomic mass is 9.88. The molecule has 2 fully saturated rings. The van der Waals surface area contributed by atoms with Crippen LogP contribution < -0.4 is 10.1 Å². The molecule has 0 aliphatic carbocycles. The molecule has 3 aromatic rings. The summed E-state index contributed by atoms with van der Waals surface area (Å²) in [7, 11) is 0. The summed E-state index contributed by atoms with van der Waals surface area (Å²) in [6.07, 6.45) is 3.38. The van der Waals surface area contributed by atoms with Crippen molar-refractivity contribution in [1.29, 1.82) is 0 Å². The molecule has 4 heterocycles. The van der Waals surface area contributed by atoms with E-state index in [1.807, 2.05) is 0 Å². The Balaban J connectivity index is 1.33. The SMILES string of the molecule is C[C@]12C[C@H](F)C(C[C@@H](Oc3cnc(-c4ccc(-n5ccnc5)cc4O)nn3)[C@@H]1F)N2. The Morgan fingerprint density at radius 2 is 2.17 bits per heavy atom. The Morgan fingerprint density at radius 1 is 1.30 bits per heavy atom. The van der Waals surface area contributed by atoms with Crippen molar-refractivity contribution in [2.45, 2.75) is 49.8 Å². The van der Waals surface area contributed by atoms with Gasteiger partial charge >= 0.3 is 0 Å². The minimum Gasteiger partial charge on any atom is -0.507 e. The minimum atomic E-state index is -1.38. The molecule has 2 aromatic heterocycles. The minimum absolute atomic E-state index is 0.0164. The lowest BCUT2D eigenvalue weighted by Crippen LogP contribution is -2.59. The van der Waals surface area contributed by atoms with Gasteiger partial charge in [0, 0.05) is 37.3 Å². The van der Waals surface area contributed by atoms with Crippen molar-refractivity contribution in [3.8, 4) is 28.7 Å². The quantitative estimate of drug-likeness (QED) is 0.676. The normalized spacial score (nSPS) is 30.4. The molecule has 2 N–H and O–H groups in total. The van der Waals surface area contributed by atoms with Gasteiger partial charge in [-0.25, -0.2) is 18.7 Å². The van der Waals surface area contributed by atoms with Crippen LogP contribution in [-0.4, -0.2) is 59.9 Å². The second kappa shape index (κ2) is 6.98. The molecular formula is C20H20F2N6O2. The van der Waals surface area contributed by atoms with E-state index in [1.165, 1.54) is 6.20 Å². The van der Waals surface area contributed by atoms with E-state index in [-0.39, 0.29) is 30.3 Å². The van der Waals surface area contributed by atoms with Crippen LogP contribution in [0.4, 0.5) is 8.78 Å². The van der Waals surface area contributed by atoms with Crippen molar-refractivity contribution in [2.75, 3.05) is 0 Å². The van der Waals surface area contributed by atoms with Crippen molar-refractivity contribution < 1.29 is 18.6 Å². The Kier molecular flexibility index (Phi) is 4.39. The molecule has 0 saturated carbocycles. The first-order valence-electron chi connectivity index (χ1n) is 9.67. The van der Waals surface area contributed by atoms with Gasteiger partial charge in [-0.15, -0.1) is 10.2 Å². The highest BCUT2D eigenvalue weighted by Crippen LogP contribution is 2.40. The van der Waals surface area contributed by atoms with Crippen molar-refractivity contribution in [1.82, 2.24) is 30.0 Å². The Hall–Kier alpha value is -3.14. The molecule has 2 bridgehead atoms. The number of piperidine rings is 1. The van der Waals surface area contributed by atoms with Crippen LogP contribution >= 0.6 is 0 Å². The first kappa shape index (κ1) is 18.9. The predicted octanol–water partition coefficient (Wildman–Crippen LogP) is 2.38. The number of rotatable bonds is 4. The van der Waals surface area contributed by atoms with Crippen LogP contribution in [0.3, 0.4) is 0 Å². The first-order chi connectivity index (χ1) is 14.4. The fourth-order valence-electron chi connectivity index (χ4n) is 4.29. The van der Waals surface area contributed by atoms with Crippen molar-refractivity contribution in [2.24, 2.45) is 0 Å². The van der Waals surface area contributed by atoms with Gasteiger partial charge in [0.05, 0.1) is 29.3 Å². The van der Waals surface area contributed by atoms with E-state index < -0.39 is 30.0 Å². The Bertz CT molecular complexity index is 1040. The maximum Gasteiger partial charge on any atom is 0.252 e. The fourth-order valence-corrected chi connectivity index (χ4v) is 4.29. The maximum absolute atomic E-state index is 14.9. The predicted molar refractivity (Wildman–Crippen MR) is 103 cm³/mol. The molecule has 0 radical (unpaired) electrons. The standard InChI is InChI=1S/C20H20F2N6O2/c1-20-8-13(21)14(25-20)7-16(18(20)22)30-17-9-24-19(27-26-17)12-3-2-11(6-15(12)29)28-5-4-23-10-28/h2-6,9-10,13-14,16,18,25,29H,7-8H2,1H3/t13-,14?,16+,18-,20-/m0/s1. The van der Waals surface area contributed by atoms with E-state index in [2.05, 4.69) is 25.5 Å². The van der Waals surface area contributed by atoms with E-state index in [9.17, 15) is 13.9 Å². The van der Waals surface area contributed by atoms with Gasteiger partial charge in [0.2, 0.25) is 0 Å². The van der Waals surface area contributed by atoms with Gasteiger partial charge in [0.15, 0.2) is 12.0 Å². The number of alkyl halides is 2. The zero-order valence-corrected chi connectivity index (χ0v) is 16.1. The summed E-state index contributed by atoms with van der Waals surface area (Å²) >= 11 is 0. The maximum atomic E-state index is 14.9. The zero-order chi connectivity index (χ0) is 20.9. The zero-order valence-electron chi connectivity index (χ0n) is 16.1. The van der Waals surface area contributed by atoms with Gasteiger partial charge < -0.3 is 19.7 Å². The highest BCUT2D eigenvalue weighted by molar-refractivity contribution is 5.65. The molecular weight excluding hydrogens is 394 g/mol. The summed E-state index contributed by atoms with van der Waals surface area (Å²) in [4.78, 5) is 8.16. The van der Waals surface area contributed by atoms with Gasteiger partial charge in [-0.3, -0.25) is 0 Å². The average molecular weight is 414 g/mol. The molecule has 30 heavy (non-hydrogen) atoms. The molecule has 2 aliphatic heterocycles. The van der Waals surface area contributed by atoms with Gasteiger partial charge in [-0.05, 0) is 19.1 Å². The summed E-state index contributed by atoms with van der Waals surface area (Å²) in [5.41, 5.74) is 0.182. The molecule has 5 atom stereocenters. The molecule has 156 valence electrons. The second-order valence-electron chi connectivity index (χ2n) is 7.97. The van der Waals surface area contributed by atoms with Crippen LogP contribution in [-0.2, 0) is 0 Å². The van der Waals surface area contributed by atoms with Gasteiger partial charge in [0.1, 0.15) is 18.0 Å². The summed E-state index contributed by atoms with van der Waals surface area (Å²) in [6, 6.07) is 4.60. The number of hydrogen-bond donors (Lipinski definition) is 2. The number of fused-ring (bicyclic) bond motifs is 2. The largest absolute Gasteiger partial charge is 0.507 e. The number of hydrogen-bond acceptors (Lipinski definition) is 7. The molecule has 2 saturated heterocycles. The van der Waals surface area contributed by atoms with Gasteiger partial charge in [-0.2, -0.15) is 0 Å². The lowest BCUT2D eigenvalue weighted by Gasteiger charge is -2.39. The third-order valence-corrected chi connectivity index (χ3v) is 5.83. The molecule has 2 aliphatic rings. The number of halogens is 2. The first-order valence-corrected chi connectivity index (χ1v) is 9.67. The third kappa shape index (κ3) is 3.17. The molecule has 1 aromatic carbocycles. The molecule has 5 rings (SSSR count). The summed E-state index contributed by atoms with van der Waals surface area (Å²) < 4.78 is 36.3.